The number of hydrogen-bond donors (Lipinski definition) is 1. The summed E-state index contributed by atoms with van der Waals surface area (Å²) in [7, 11) is 0. The van der Waals surface area contributed by atoms with Crippen LogP contribution >= 0.6 is 34.8 Å². The van der Waals surface area contributed by atoms with Crippen LogP contribution < -0.4 is 10.5 Å². The molecule has 4 aromatic rings. The molecule has 0 aliphatic heterocycles. The van der Waals surface area contributed by atoms with Crippen molar-refractivity contribution in [1.82, 2.24) is 4.98 Å². The van der Waals surface area contributed by atoms with Crippen molar-refractivity contribution < 1.29 is 9.53 Å². The fourth-order valence-corrected chi connectivity index (χ4v) is 4.01. The number of nitrogens with zero attached hydrogens (tertiary/aromatic N) is 1. The Balaban J connectivity index is 1.80. The summed E-state index contributed by atoms with van der Waals surface area (Å²) in [4.78, 5) is 17.0. The molecule has 0 radical (unpaired) electrons. The minimum Gasteiger partial charge on any atom is -0.472 e. The number of halogens is 3. The lowest BCUT2D eigenvalue weighted by atomic mass is 9.97. The zero-order valence-electron chi connectivity index (χ0n) is 17.4. The summed E-state index contributed by atoms with van der Waals surface area (Å²) in [5.41, 5.74) is 9.91. The van der Waals surface area contributed by atoms with Crippen LogP contribution in [0.1, 0.15) is 27.2 Å². The Labute approximate surface area is 206 Å². The normalized spacial score (nSPS) is 10.8. The number of aromatic nitrogens is 1. The van der Waals surface area contributed by atoms with Crippen LogP contribution in [0.5, 0.6) is 5.88 Å². The van der Waals surface area contributed by atoms with Crippen molar-refractivity contribution in [3.63, 3.8) is 0 Å². The van der Waals surface area contributed by atoms with Crippen LogP contribution in [0.3, 0.4) is 0 Å². The number of pyridine rings is 1. The third-order valence-electron chi connectivity index (χ3n) is 5.08. The SMILES string of the molecule is NC(=O)c1cc(-c2ccc(Cl)cc2)c(Cc2ccc(Cl)cc2Cl)nc1OCc1ccccc1. The van der Waals surface area contributed by atoms with Gasteiger partial charge < -0.3 is 10.5 Å². The van der Waals surface area contributed by atoms with Gasteiger partial charge in [0, 0.05) is 27.1 Å². The van der Waals surface area contributed by atoms with E-state index in [1.807, 2.05) is 48.5 Å². The highest BCUT2D eigenvalue weighted by atomic mass is 35.5. The zero-order valence-corrected chi connectivity index (χ0v) is 19.7. The van der Waals surface area contributed by atoms with E-state index in [0.717, 1.165) is 22.3 Å². The first-order chi connectivity index (χ1) is 15.9. The molecular formula is C26H19Cl3N2O2. The van der Waals surface area contributed by atoms with Crippen molar-refractivity contribution in [2.45, 2.75) is 13.0 Å². The lowest BCUT2D eigenvalue weighted by Gasteiger charge is -2.16. The van der Waals surface area contributed by atoms with Crippen LogP contribution in [-0.4, -0.2) is 10.9 Å². The molecule has 1 amide bonds. The largest absolute Gasteiger partial charge is 0.472 e. The molecule has 0 unspecified atom stereocenters. The van der Waals surface area contributed by atoms with Gasteiger partial charge in [-0.15, -0.1) is 0 Å². The van der Waals surface area contributed by atoms with Gasteiger partial charge in [-0.25, -0.2) is 4.98 Å². The van der Waals surface area contributed by atoms with Gasteiger partial charge in [0.15, 0.2) is 0 Å². The van der Waals surface area contributed by atoms with Crippen molar-refractivity contribution >= 4 is 40.7 Å². The quantitative estimate of drug-likeness (QED) is 0.299. The molecule has 0 spiro atoms. The van der Waals surface area contributed by atoms with E-state index in [2.05, 4.69) is 0 Å². The van der Waals surface area contributed by atoms with E-state index in [1.54, 1.807) is 30.3 Å². The van der Waals surface area contributed by atoms with E-state index in [0.29, 0.717) is 27.2 Å². The monoisotopic (exact) mass is 496 g/mol. The summed E-state index contributed by atoms with van der Waals surface area (Å²) >= 11 is 18.6. The predicted molar refractivity (Wildman–Crippen MR) is 133 cm³/mol. The van der Waals surface area contributed by atoms with E-state index >= 15 is 0 Å². The molecule has 1 aromatic heterocycles. The van der Waals surface area contributed by atoms with Gasteiger partial charge in [0.05, 0.1) is 5.69 Å². The molecule has 7 heteroatoms. The molecule has 0 fully saturated rings. The highest BCUT2D eigenvalue weighted by Gasteiger charge is 2.19. The summed E-state index contributed by atoms with van der Waals surface area (Å²) in [5, 5.41) is 1.68. The molecule has 0 atom stereocenters. The van der Waals surface area contributed by atoms with Crippen molar-refractivity contribution in [3.05, 3.63) is 116 Å². The van der Waals surface area contributed by atoms with Crippen LogP contribution in [0.25, 0.3) is 11.1 Å². The molecule has 4 rings (SSSR count). The smallest absolute Gasteiger partial charge is 0.254 e. The topological polar surface area (TPSA) is 65.2 Å². The molecule has 0 aliphatic carbocycles. The van der Waals surface area contributed by atoms with E-state index in [-0.39, 0.29) is 18.1 Å². The number of carbonyl (C=O) groups is 1. The number of primary amides is 1. The molecule has 1 heterocycles. The highest BCUT2D eigenvalue weighted by Crippen LogP contribution is 2.32. The Morgan fingerprint density at radius 1 is 0.879 bits per heavy atom. The Morgan fingerprint density at radius 2 is 1.58 bits per heavy atom. The third kappa shape index (κ3) is 5.66. The average molecular weight is 498 g/mol. The number of carbonyl (C=O) groups excluding carboxylic acids is 1. The van der Waals surface area contributed by atoms with Gasteiger partial charge in [0.25, 0.3) is 5.91 Å². The van der Waals surface area contributed by atoms with E-state index < -0.39 is 5.91 Å². The van der Waals surface area contributed by atoms with Gasteiger partial charge in [-0.05, 0) is 47.0 Å². The van der Waals surface area contributed by atoms with Crippen LogP contribution in [0.2, 0.25) is 15.1 Å². The Kier molecular flexibility index (Phi) is 7.19. The number of benzene rings is 3. The Hall–Kier alpha value is -3.05. The molecule has 0 saturated heterocycles. The van der Waals surface area contributed by atoms with Crippen molar-refractivity contribution in [2.75, 3.05) is 0 Å². The summed E-state index contributed by atoms with van der Waals surface area (Å²) in [6.07, 6.45) is 0.398. The van der Waals surface area contributed by atoms with Crippen molar-refractivity contribution in [2.24, 2.45) is 5.73 Å². The van der Waals surface area contributed by atoms with E-state index in [4.69, 9.17) is 50.3 Å². The van der Waals surface area contributed by atoms with Gasteiger partial charge in [-0.1, -0.05) is 83.3 Å². The van der Waals surface area contributed by atoms with Gasteiger partial charge in [0.1, 0.15) is 12.2 Å². The minimum atomic E-state index is -0.628. The summed E-state index contributed by atoms with van der Waals surface area (Å²) < 4.78 is 5.94. The van der Waals surface area contributed by atoms with Gasteiger partial charge in [-0.3, -0.25) is 4.79 Å². The standard InChI is InChI=1S/C26H19Cl3N2O2/c27-19-9-6-17(7-10-19)21-14-22(25(30)32)26(33-15-16-4-2-1-3-5-16)31-24(21)12-18-8-11-20(28)13-23(18)29/h1-11,13-14H,12,15H2,(H2,30,32). The second-order valence-corrected chi connectivity index (χ2v) is 8.67. The Morgan fingerprint density at radius 3 is 2.24 bits per heavy atom. The maximum atomic E-state index is 12.3. The average Bonchev–Trinajstić information content (AvgIpc) is 2.80. The molecular weight excluding hydrogens is 479 g/mol. The number of nitrogens with two attached hydrogens (primary N) is 1. The molecule has 33 heavy (non-hydrogen) atoms. The van der Waals surface area contributed by atoms with Crippen LogP contribution in [-0.2, 0) is 13.0 Å². The van der Waals surface area contributed by atoms with Crippen LogP contribution in [0.15, 0.2) is 78.9 Å². The van der Waals surface area contributed by atoms with Crippen molar-refractivity contribution in [3.8, 4) is 17.0 Å². The summed E-state index contributed by atoms with van der Waals surface area (Å²) in [6, 6.07) is 23.9. The van der Waals surface area contributed by atoms with Crippen molar-refractivity contribution in [1.29, 1.82) is 0 Å². The molecule has 0 aliphatic rings. The predicted octanol–water partition coefficient (Wildman–Crippen LogP) is 6.98. The van der Waals surface area contributed by atoms with Crippen LogP contribution in [0, 0.1) is 0 Å². The molecule has 166 valence electrons. The molecule has 2 N–H and O–H groups in total. The summed E-state index contributed by atoms with van der Waals surface area (Å²) in [5.74, 6) is -0.457. The van der Waals surface area contributed by atoms with Crippen LogP contribution in [0.4, 0.5) is 0 Å². The number of rotatable bonds is 7. The first kappa shape index (κ1) is 23.1. The summed E-state index contributed by atoms with van der Waals surface area (Å²) in [6.45, 7) is 0.246. The maximum Gasteiger partial charge on any atom is 0.254 e. The number of amides is 1. The number of ether oxygens (including phenoxy) is 1. The lowest BCUT2D eigenvalue weighted by Crippen LogP contribution is -2.15. The first-order valence-electron chi connectivity index (χ1n) is 10.1. The zero-order chi connectivity index (χ0) is 23.4. The molecule has 3 aromatic carbocycles. The van der Waals surface area contributed by atoms with Gasteiger partial charge in [-0.2, -0.15) is 0 Å². The molecule has 0 saturated carbocycles. The molecule has 0 bridgehead atoms. The fourth-order valence-electron chi connectivity index (χ4n) is 3.40. The third-order valence-corrected chi connectivity index (χ3v) is 5.92. The number of hydrogen-bond acceptors (Lipinski definition) is 3. The van der Waals surface area contributed by atoms with Gasteiger partial charge >= 0.3 is 0 Å². The Bertz CT molecular complexity index is 1290. The maximum absolute atomic E-state index is 12.3. The minimum absolute atomic E-state index is 0.171. The second-order valence-electron chi connectivity index (χ2n) is 7.39. The highest BCUT2D eigenvalue weighted by molar-refractivity contribution is 6.35. The van der Waals surface area contributed by atoms with Gasteiger partial charge in [0.2, 0.25) is 5.88 Å². The van der Waals surface area contributed by atoms with E-state index in [9.17, 15) is 4.79 Å². The van der Waals surface area contributed by atoms with E-state index in [1.165, 1.54) is 0 Å². The lowest BCUT2D eigenvalue weighted by molar-refractivity contribution is 0.0995. The second kappa shape index (κ2) is 10.3. The first-order valence-corrected chi connectivity index (χ1v) is 11.2. The fraction of sp³-hybridized carbons (Fsp3) is 0.0769. The molecule has 4 nitrogen and oxygen atoms in total.